The molecule has 102 valence electrons. The average Bonchev–Trinajstić information content (AvgIpc) is 2.84. The fourth-order valence-electron chi connectivity index (χ4n) is 1.68. The molecule has 2 heteroatoms. The van der Waals surface area contributed by atoms with Crippen molar-refractivity contribution in [2.75, 3.05) is 20.6 Å². The summed E-state index contributed by atoms with van der Waals surface area (Å²) in [5.74, 6) is 0. The smallest absolute Gasteiger partial charge is 0.0456 e. The Morgan fingerprint density at radius 2 is 1.61 bits per heavy atom. The van der Waals surface area contributed by atoms with Crippen molar-refractivity contribution in [2.45, 2.75) is 34.1 Å². The Labute approximate surface area is 112 Å². The zero-order valence-electron chi connectivity index (χ0n) is 12.7. The number of fused-ring (bicyclic) bond motifs is 1. The summed E-state index contributed by atoms with van der Waals surface area (Å²) in [5, 5.41) is 1.36. The van der Waals surface area contributed by atoms with Gasteiger partial charge < -0.3 is 9.88 Å². The van der Waals surface area contributed by atoms with E-state index in [1.165, 1.54) is 16.5 Å². The van der Waals surface area contributed by atoms with E-state index in [0.29, 0.717) is 0 Å². The number of aromatic amines is 1. The molecular formula is C16H28N2. The van der Waals surface area contributed by atoms with Gasteiger partial charge in [-0.05, 0) is 32.1 Å². The van der Waals surface area contributed by atoms with E-state index >= 15 is 0 Å². The Morgan fingerprint density at radius 1 is 1.00 bits per heavy atom. The molecular weight excluding hydrogens is 220 g/mol. The molecule has 0 aliphatic heterocycles. The Morgan fingerprint density at radius 3 is 2.22 bits per heavy atom. The van der Waals surface area contributed by atoms with Crippen molar-refractivity contribution in [3.8, 4) is 0 Å². The van der Waals surface area contributed by atoms with Crippen LogP contribution in [0.5, 0.6) is 0 Å². The normalized spacial score (nSPS) is 9.50. The first kappa shape index (κ1) is 16.7. The minimum atomic E-state index is 1.10. The lowest BCUT2D eigenvalue weighted by atomic mass is 10.1. The van der Waals surface area contributed by atoms with E-state index in [2.05, 4.69) is 54.4 Å². The molecule has 0 saturated carbocycles. The zero-order chi connectivity index (χ0) is 14.0. The highest BCUT2D eigenvalue weighted by atomic mass is 15.0. The Balaban J connectivity index is 0.000000659. The first-order valence-corrected chi connectivity index (χ1v) is 6.97. The maximum absolute atomic E-state index is 3.29. The predicted molar refractivity (Wildman–Crippen MR) is 83.3 cm³/mol. The van der Waals surface area contributed by atoms with Crippen LogP contribution < -0.4 is 0 Å². The second kappa shape index (κ2) is 9.72. The summed E-state index contributed by atoms with van der Waals surface area (Å²) in [6.45, 7) is 9.10. The van der Waals surface area contributed by atoms with Gasteiger partial charge >= 0.3 is 0 Å². The number of nitrogens with zero attached hydrogens (tertiary/aromatic N) is 1. The highest BCUT2D eigenvalue weighted by Crippen LogP contribution is 2.17. The molecule has 0 aliphatic carbocycles. The molecule has 18 heavy (non-hydrogen) atoms. The predicted octanol–water partition coefficient (Wildman–Crippen LogP) is 4.32. The van der Waals surface area contributed by atoms with Crippen LogP contribution in [0.2, 0.25) is 0 Å². The minimum Gasteiger partial charge on any atom is -0.361 e. The van der Waals surface area contributed by atoms with E-state index in [4.69, 9.17) is 0 Å². The van der Waals surface area contributed by atoms with Crippen LogP contribution in [0.15, 0.2) is 30.5 Å². The number of aromatic nitrogens is 1. The third-order valence-corrected chi connectivity index (χ3v) is 2.50. The molecule has 1 heterocycles. The number of benzene rings is 1. The molecule has 0 bridgehead atoms. The van der Waals surface area contributed by atoms with E-state index in [1.807, 2.05) is 27.7 Å². The summed E-state index contributed by atoms with van der Waals surface area (Å²) < 4.78 is 0. The monoisotopic (exact) mass is 248 g/mol. The Kier molecular flexibility index (Phi) is 9.03. The van der Waals surface area contributed by atoms with Crippen LogP contribution in [0.4, 0.5) is 0 Å². The van der Waals surface area contributed by atoms with Gasteiger partial charge in [-0.15, -0.1) is 0 Å². The molecule has 0 aliphatic rings. The summed E-state index contributed by atoms with van der Waals surface area (Å²) >= 11 is 0. The lowest BCUT2D eigenvalue weighted by Crippen LogP contribution is -2.14. The summed E-state index contributed by atoms with van der Waals surface area (Å²) in [6.07, 6.45) is 3.23. The topological polar surface area (TPSA) is 19.0 Å². The highest BCUT2D eigenvalue weighted by Gasteiger charge is 2.02. The molecule has 0 fully saturated rings. The van der Waals surface area contributed by atoms with Gasteiger partial charge in [0.1, 0.15) is 0 Å². The first-order valence-electron chi connectivity index (χ1n) is 6.97. The zero-order valence-corrected chi connectivity index (χ0v) is 12.7. The van der Waals surface area contributed by atoms with Crippen molar-refractivity contribution in [3.05, 3.63) is 36.0 Å². The molecule has 0 saturated heterocycles. The Hall–Kier alpha value is -1.28. The van der Waals surface area contributed by atoms with Gasteiger partial charge in [0.05, 0.1) is 0 Å². The average molecular weight is 248 g/mol. The highest BCUT2D eigenvalue weighted by molar-refractivity contribution is 5.83. The van der Waals surface area contributed by atoms with Crippen LogP contribution in [0.3, 0.4) is 0 Å². The van der Waals surface area contributed by atoms with E-state index in [0.717, 1.165) is 13.0 Å². The van der Waals surface area contributed by atoms with E-state index in [-0.39, 0.29) is 0 Å². The van der Waals surface area contributed by atoms with Gasteiger partial charge in [0.25, 0.3) is 0 Å². The van der Waals surface area contributed by atoms with E-state index < -0.39 is 0 Å². The number of rotatable bonds is 3. The van der Waals surface area contributed by atoms with Gasteiger partial charge in [-0.3, -0.25) is 0 Å². The first-order chi connectivity index (χ1) is 8.77. The van der Waals surface area contributed by atoms with Crippen LogP contribution in [-0.4, -0.2) is 30.5 Å². The van der Waals surface area contributed by atoms with Crippen LogP contribution in [0.25, 0.3) is 10.9 Å². The van der Waals surface area contributed by atoms with Crippen molar-refractivity contribution < 1.29 is 0 Å². The fourth-order valence-corrected chi connectivity index (χ4v) is 1.68. The summed E-state index contributed by atoms with van der Waals surface area (Å²) in [7, 11) is 4.21. The number of para-hydroxylation sites is 1. The van der Waals surface area contributed by atoms with E-state index in [1.54, 1.807) is 0 Å². The molecule has 1 aromatic carbocycles. The maximum atomic E-state index is 3.29. The van der Waals surface area contributed by atoms with Gasteiger partial charge in [0, 0.05) is 23.6 Å². The standard InChI is InChI=1S/C12H16N2.2C2H6/c1-14(2)8-7-10-9-13-12-6-4-3-5-11(10)12;2*1-2/h3-6,9,13H,7-8H2,1-2H3;2*1-2H3. The van der Waals surface area contributed by atoms with E-state index in [9.17, 15) is 0 Å². The summed E-state index contributed by atoms with van der Waals surface area (Å²) in [6, 6.07) is 8.45. The van der Waals surface area contributed by atoms with Crippen LogP contribution in [0, 0.1) is 0 Å². The number of hydrogen-bond acceptors (Lipinski definition) is 1. The minimum absolute atomic E-state index is 1.10. The lowest BCUT2D eigenvalue weighted by molar-refractivity contribution is 0.414. The van der Waals surface area contributed by atoms with Gasteiger partial charge in [-0.2, -0.15) is 0 Å². The SMILES string of the molecule is CC.CC.CN(C)CCc1c[nH]c2ccccc12. The van der Waals surface area contributed by atoms with Crippen molar-refractivity contribution in [1.29, 1.82) is 0 Å². The molecule has 0 spiro atoms. The third kappa shape index (κ3) is 4.92. The van der Waals surface area contributed by atoms with Crippen molar-refractivity contribution in [2.24, 2.45) is 0 Å². The molecule has 1 aromatic heterocycles. The number of nitrogens with one attached hydrogen (secondary N) is 1. The number of H-pyrrole nitrogens is 1. The molecule has 0 atom stereocenters. The molecule has 2 aromatic rings. The second-order valence-electron chi connectivity index (χ2n) is 3.91. The molecule has 0 amide bonds. The van der Waals surface area contributed by atoms with Crippen molar-refractivity contribution >= 4 is 10.9 Å². The van der Waals surface area contributed by atoms with Gasteiger partial charge in [-0.25, -0.2) is 0 Å². The van der Waals surface area contributed by atoms with Gasteiger partial charge in [0.2, 0.25) is 0 Å². The number of likely N-dealkylation sites (N-methyl/N-ethyl adjacent to an activating group) is 1. The van der Waals surface area contributed by atoms with Crippen molar-refractivity contribution in [3.63, 3.8) is 0 Å². The second-order valence-corrected chi connectivity index (χ2v) is 3.91. The fraction of sp³-hybridized carbons (Fsp3) is 0.500. The molecule has 2 rings (SSSR count). The van der Waals surface area contributed by atoms with Crippen molar-refractivity contribution in [1.82, 2.24) is 9.88 Å². The number of hydrogen-bond donors (Lipinski definition) is 1. The third-order valence-electron chi connectivity index (χ3n) is 2.50. The van der Waals surface area contributed by atoms with Crippen LogP contribution in [0.1, 0.15) is 33.3 Å². The summed E-state index contributed by atoms with van der Waals surface area (Å²) in [4.78, 5) is 5.50. The summed E-state index contributed by atoms with van der Waals surface area (Å²) in [5.41, 5.74) is 2.65. The molecule has 2 nitrogen and oxygen atoms in total. The van der Waals surface area contributed by atoms with Gasteiger partial charge in [0.15, 0.2) is 0 Å². The van der Waals surface area contributed by atoms with Crippen LogP contribution >= 0.6 is 0 Å². The Bertz CT molecular complexity index is 416. The largest absolute Gasteiger partial charge is 0.361 e. The lowest BCUT2D eigenvalue weighted by Gasteiger charge is -2.07. The molecule has 1 N–H and O–H groups in total. The maximum Gasteiger partial charge on any atom is 0.0456 e. The quantitative estimate of drug-likeness (QED) is 0.857. The molecule has 0 radical (unpaired) electrons. The molecule has 0 unspecified atom stereocenters. The van der Waals surface area contributed by atoms with Gasteiger partial charge in [-0.1, -0.05) is 45.9 Å². The van der Waals surface area contributed by atoms with Crippen LogP contribution in [-0.2, 0) is 6.42 Å².